The summed E-state index contributed by atoms with van der Waals surface area (Å²) in [6, 6.07) is 6.68. The molecule has 0 aliphatic heterocycles. The maximum Gasteiger partial charge on any atom is 0.387 e. The van der Waals surface area contributed by atoms with Crippen LogP contribution in [0.2, 0.25) is 0 Å². The number of aryl methyl sites for hydroxylation is 1. The molecule has 0 aliphatic rings. The number of benzene rings is 1. The second-order valence-electron chi connectivity index (χ2n) is 4.68. The predicted molar refractivity (Wildman–Crippen MR) is 74.2 cm³/mol. The van der Waals surface area contributed by atoms with Gasteiger partial charge in [0.15, 0.2) is 5.82 Å². The van der Waals surface area contributed by atoms with Crippen LogP contribution in [-0.4, -0.2) is 27.9 Å². The maximum atomic E-state index is 12.4. The molecule has 0 saturated carbocycles. The molecule has 0 bridgehead atoms. The molecule has 2 aromatic rings. The van der Waals surface area contributed by atoms with E-state index in [2.05, 4.69) is 20.1 Å². The van der Waals surface area contributed by atoms with E-state index in [1.807, 2.05) is 14.0 Å². The highest BCUT2D eigenvalue weighted by molar-refractivity contribution is 5.35. The van der Waals surface area contributed by atoms with Crippen molar-refractivity contribution in [2.75, 3.05) is 6.54 Å². The fourth-order valence-corrected chi connectivity index (χ4v) is 2.05. The molecular weight excluding hydrogens is 278 g/mol. The van der Waals surface area contributed by atoms with Crippen molar-refractivity contribution in [3.05, 3.63) is 42.0 Å². The third-order valence-electron chi connectivity index (χ3n) is 3.05. The molecule has 0 saturated heterocycles. The number of rotatable bonds is 7. The molecule has 0 spiro atoms. The molecule has 0 fully saturated rings. The highest BCUT2D eigenvalue weighted by Crippen LogP contribution is 2.26. The third kappa shape index (κ3) is 4.49. The summed E-state index contributed by atoms with van der Waals surface area (Å²) in [5.74, 6) is 0.942. The zero-order chi connectivity index (χ0) is 15.2. The lowest BCUT2D eigenvalue weighted by atomic mass is 10.1. The van der Waals surface area contributed by atoms with Gasteiger partial charge >= 0.3 is 6.61 Å². The van der Waals surface area contributed by atoms with Gasteiger partial charge in [0, 0.05) is 31.6 Å². The normalized spacial score (nSPS) is 12.6. The van der Waals surface area contributed by atoms with Crippen LogP contribution < -0.4 is 10.1 Å². The van der Waals surface area contributed by atoms with Crippen molar-refractivity contribution in [2.24, 2.45) is 7.05 Å². The Hall–Kier alpha value is -2.02. The summed E-state index contributed by atoms with van der Waals surface area (Å²) < 4.78 is 30.9. The summed E-state index contributed by atoms with van der Waals surface area (Å²) in [5, 5.41) is 7.44. The Kier molecular flexibility index (Phi) is 5.21. The number of ether oxygens (including phenoxy) is 1. The summed E-state index contributed by atoms with van der Waals surface area (Å²) in [5.41, 5.74) is 0.701. The summed E-state index contributed by atoms with van der Waals surface area (Å²) in [4.78, 5) is 4.13. The zero-order valence-electron chi connectivity index (χ0n) is 12.0. The second-order valence-corrected chi connectivity index (χ2v) is 4.68. The molecule has 1 aromatic carbocycles. The number of alkyl halides is 2. The van der Waals surface area contributed by atoms with Crippen LogP contribution in [0.15, 0.2) is 30.6 Å². The van der Waals surface area contributed by atoms with E-state index in [0.29, 0.717) is 18.5 Å². The van der Waals surface area contributed by atoms with Crippen molar-refractivity contribution in [3.63, 3.8) is 0 Å². The molecule has 0 amide bonds. The van der Waals surface area contributed by atoms with Gasteiger partial charge in [-0.1, -0.05) is 18.2 Å². The zero-order valence-corrected chi connectivity index (χ0v) is 12.0. The van der Waals surface area contributed by atoms with Crippen molar-refractivity contribution in [1.29, 1.82) is 0 Å². The van der Waals surface area contributed by atoms with Gasteiger partial charge in [-0.3, -0.25) is 4.68 Å². The second kappa shape index (κ2) is 7.12. The number of nitrogens with one attached hydrogen (secondary N) is 1. The van der Waals surface area contributed by atoms with E-state index < -0.39 is 6.61 Å². The Morgan fingerprint density at radius 1 is 1.33 bits per heavy atom. The molecule has 1 heterocycles. The maximum absolute atomic E-state index is 12.4. The van der Waals surface area contributed by atoms with Gasteiger partial charge in [0.1, 0.15) is 12.1 Å². The van der Waals surface area contributed by atoms with Gasteiger partial charge in [-0.15, -0.1) is 0 Å². The first-order valence-electron chi connectivity index (χ1n) is 6.68. The van der Waals surface area contributed by atoms with Crippen LogP contribution in [0.1, 0.15) is 24.4 Å². The Morgan fingerprint density at radius 3 is 2.76 bits per heavy atom. The lowest BCUT2D eigenvalue weighted by Crippen LogP contribution is -2.22. The Balaban J connectivity index is 1.92. The van der Waals surface area contributed by atoms with Gasteiger partial charge in [0.25, 0.3) is 0 Å². The van der Waals surface area contributed by atoms with Crippen molar-refractivity contribution in [1.82, 2.24) is 20.1 Å². The average molecular weight is 296 g/mol. The summed E-state index contributed by atoms with van der Waals surface area (Å²) in [6.45, 7) is -0.274. The van der Waals surface area contributed by atoms with Gasteiger partial charge in [-0.05, 0) is 13.0 Å². The van der Waals surface area contributed by atoms with Gasteiger partial charge in [-0.2, -0.15) is 13.9 Å². The van der Waals surface area contributed by atoms with Gasteiger partial charge in [0.2, 0.25) is 0 Å². The first-order valence-corrected chi connectivity index (χ1v) is 6.68. The van der Waals surface area contributed by atoms with E-state index >= 15 is 0 Å². The molecule has 0 radical (unpaired) electrons. The topological polar surface area (TPSA) is 52.0 Å². The van der Waals surface area contributed by atoms with Crippen molar-refractivity contribution in [2.45, 2.75) is 26.0 Å². The largest absolute Gasteiger partial charge is 0.434 e. The highest BCUT2D eigenvalue weighted by atomic mass is 19.3. The number of nitrogens with zero attached hydrogens (tertiary/aromatic N) is 3. The first-order chi connectivity index (χ1) is 10.1. The molecule has 1 aromatic heterocycles. The summed E-state index contributed by atoms with van der Waals surface area (Å²) in [6.07, 6.45) is 2.31. The van der Waals surface area contributed by atoms with Crippen LogP contribution in [0.25, 0.3) is 0 Å². The number of aromatic nitrogens is 3. The Bertz CT molecular complexity index is 574. The molecule has 1 N–H and O–H groups in total. The number of halogens is 2. The molecule has 7 heteroatoms. The van der Waals surface area contributed by atoms with Crippen molar-refractivity contribution >= 4 is 0 Å². The molecular formula is C14H18F2N4O. The van der Waals surface area contributed by atoms with Gasteiger partial charge < -0.3 is 10.1 Å². The fraction of sp³-hybridized carbons (Fsp3) is 0.429. The first kappa shape index (κ1) is 15.4. The average Bonchev–Trinajstić information content (AvgIpc) is 2.84. The highest BCUT2D eigenvalue weighted by Gasteiger charge is 2.14. The standard InChI is InChI=1S/C14H18F2N4O/c1-10(17-8-7-13-18-9-20(2)19-13)11-5-3-4-6-12(11)21-14(15)16/h3-6,9-10,14,17H,7-8H2,1-2H3. The van der Waals surface area contributed by atoms with Crippen LogP contribution in [0.5, 0.6) is 5.75 Å². The molecule has 114 valence electrons. The van der Waals surface area contributed by atoms with E-state index in [1.54, 1.807) is 35.3 Å². The molecule has 1 atom stereocenters. The van der Waals surface area contributed by atoms with Crippen LogP contribution >= 0.6 is 0 Å². The Labute approximate surface area is 121 Å². The minimum atomic E-state index is -2.82. The van der Waals surface area contributed by atoms with E-state index in [1.165, 1.54) is 0 Å². The van der Waals surface area contributed by atoms with Crippen LogP contribution in [0.4, 0.5) is 8.78 Å². The van der Waals surface area contributed by atoms with E-state index in [9.17, 15) is 8.78 Å². The van der Waals surface area contributed by atoms with Gasteiger partial charge in [-0.25, -0.2) is 4.98 Å². The molecule has 0 aliphatic carbocycles. The third-order valence-corrected chi connectivity index (χ3v) is 3.05. The fourth-order valence-electron chi connectivity index (χ4n) is 2.05. The number of hydrogen-bond donors (Lipinski definition) is 1. The minimum Gasteiger partial charge on any atom is -0.434 e. The number of para-hydroxylation sites is 1. The lowest BCUT2D eigenvalue weighted by Gasteiger charge is -2.17. The molecule has 2 rings (SSSR count). The van der Waals surface area contributed by atoms with Crippen LogP contribution in [0, 0.1) is 0 Å². The predicted octanol–water partition coefficient (Wildman–Crippen LogP) is 2.31. The van der Waals surface area contributed by atoms with Gasteiger partial charge in [0.05, 0.1) is 0 Å². The van der Waals surface area contributed by atoms with E-state index in [0.717, 1.165) is 5.82 Å². The molecule has 21 heavy (non-hydrogen) atoms. The van der Waals surface area contributed by atoms with Crippen molar-refractivity contribution in [3.8, 4) is 5.75 Å². The summed E-state index contributed by atoms with van der Waals surface area (Å²) in [7, 11) is 1.81. The smallest absolute Gasteiger partial charge is 0.387 e. The van der Waals surface area contributed by atoms with Crippen LogP contribution in [0.3, 0.4) is 0 Å². The van der Waals surface area contributed by atoms with E-state index in [4.69, 9.17) is 0 Å². The molecule has 5 nitrogen and oxygen atoms in total. The monoisotopic (exact) mass is 296 g/mol. The minimum absolute atomic E-state index is 0.108. The van der Waals surface area contributed by atoms with E-state index in [-0.39, 0.29) is 11.8 Å². The Morgan fingerprint density at radius 2 is 2.10 bits per heavy atom. The lowest BCUT2D eigenvalue weighted by molar-refractivity contribution is -0.0506. The summed E-state index contributed by atoms with van der Waals surface area (Å²) >= 11 is 0. The number of hydrogen-bond acceptors (Lipinski definition) is 4. The van der Waals surface area contributed by atoms with Crippen LogP contribution in [-0.2, 0) is 13.5 Å². The quantitative estimate of drug-likeness (QED) is 0.852. The SMILES string of the molecule is CC(NCCc1ncn(C)n1)c1ccccc1OC(F)F. The molecule has 1 unspecified atom stereocenters. The van der Waals surface area contributed by atoms with Crippen molar-refractivity contribution < 1.29 is 13.5 Å².